The van der Waals surface area contributed by atoms with Crippen LogP contribution in [0.25, 0.3) is 22.0 Å². The molecule has 0 aliphatic rings. The van der Waals surface area contributed by atoms with Gasteiger partial charge in [-0.3, -0.25) is 9.78 Å². The molecule has 0 bridgehead atoms. The van der Waals surface area contributed by atoms with Gasteiger partial charge in [-0.2, -0.15) is 0 Å². The number of nitrogens with zero attached hydrogens (tertiary/aromatic N) is 1. The number of aromatic nitrogens is 2. The van der Waals surface area contributed by atoms with E-state index < -0.39 is 11.5 Å². The Morgan fingerprint density at radius 3 is 2.70 bits per heavy atom. The summed E-state index contributed by atoms with van der Waals surface area (Å²) in [4.78, 5) is 29.2. The Morgan fingerprint density at radius 2 is 2.00 bits per heavy atom. The van der Waals surface area contributed by atoms with Gasteiger partial charge >= 0.3 is 5.97 Å². The monoisotopic (exact) mass is 266 g/mol. The lowest BCUT2D eigenvalue weighted by Gasteiger charge is -2.04. The molecule has 3 rings (SSSR count). The SMILES string of the molecule is O=C(O)c1cc2cc(-c3cccnc3)ccc2[nH]c1=O. The lowest BCUT2D eigenvalue weighted by atomic mass is 10.0. The number of H-pyrrole nitrogens is 1. The summed E-state index contributed by atoms with van der Waals surface area (Å²) in [5.41, 5.74) is 1.58. The topological polar surface area (TPSA) is 83.0 Å². The fraction of sp³-hybridized carbons (Fsp3) is 0. The maximum atomic E-state index is 11.6. The summed E-state index contributed by atoms with van der Waals surface area (Å²) >= 11 is 0. The molecule has 98 valence electrons. The third kappa shape index (κ3) is 2.05. The molecule has 0 radical (unpaired) electrons. The summed E-state index contributed by atoms with van der Waals surface area (Å²) < 4.78 is 0. The molecule has 20 heavy (non-hydrogen) atoms. The maximum Gasteiger partial charge on any atom is 0.341 e. The van der Waals surface area contributed by atoms with Crippen molar-refractivity contribution < 1.29 is 9.90 Å². The highest BCUT2D eigenvalue weighted by atomic mass is 16.4. The number of pyridine rings is 2. The van der Waals surface area contributed by atoms with Crippen LogP contribution in [0, 0.1) is 0 Å². The normalized spacial score (nSPS) is 10.6. The zero-order valence-electron chi connectivity index (χ0n) is 10.3. The first-order chi connectivity index (χ1) is 9.65. The first-order valence-electron chi connectivity index (χ1n) is 5.96. The van der Waals surface area contributed by atoms with Crippen LogP contribution in [0.2, 0.25) is 0 Å². The highest BCUT2D eigenvalue weighted by Crippen LogP contribution is 2.22. The molecular weight excluding hydrogens is 256 g/mol. The van der Waals surface area contributed by atoms with Gasteiger partial charge in [0.25, 0.3) is 5.56 Å². The van der Waals surface area contributed by atoms with E-state index in [0.717, 1.165) is 11.1 Å². The Balaban J connectivity index is 2.23. The minimum absolute atomic E-state index is 0.263. The second kappa shape index (κ2) is 4.62. The Kier molecular flexibility index (Phi) is 2.80. The highest BCUT2D eigenvalue weighted by molar-refractivity contribution is 5.93. The molecule has 0 atom stereocenters. The third-order valence-corrected chi connectivity index (χ3v) is 3.07. The minimum Gasteiger partial charge on any atom is -0.477 e. The summed E-state index contributed by atoms with van der Waals surface area (Å²) in [6.07, 6.45) is 3.41. The van der Waals surface area contributed by atoms with Gasteiger partial charge in [0.2, 0.25) is 0 Å². The lowest BCUT2D eigenvalue weighted by Crippen LogP contribution is -2.16. The van der Waals surface area contributed by atoms with Crippen LogP contribution in [0.5, 0.6) is 0 Å². The van der Waals surface area contributed by atoms with E-state index in [2.05, 4.69) is 9.97 Å². The number of rotatable bonds is 2. The van der Waals surface area contributed by atoms with E-state index in [9.17, 15) is 9.59 Å². The predicted octanol–water partition coefficient (Wildman–Crippen LogP) is 2.29. The van der Waals surface area contributed by atoms with Crippen LogP contribution in [0.15, 0.2) is 53.6 Å². The van der Waals surface area contributed by atoms with Gasteiger partial charge < -0.3 is 10.1 Å². The summed E-state index contributed by atoms with van der Waals surface area (Å²) in [5, 5.41) is 9.65. The van der Waals surface area contributed by atoms with Crippen LogP contribution in [0.3, 0.4) is 0 Å². The second-order valence-corrected chi connectivity index (χ2v) is 4.36. The molecule has 5 nitrogen and oxygen atoms in total. The van der Waals surface area contributed by atoms with Gasteiger partial charge in [0.05, 0.1) is 0 Å². The first kappa shape index (κ1) is 12.1. The molecule has 0 saturated heterocycles. The molecule has 2 N–H and O–H groups in total. The largest absolute Gasteiger partial charge is 0.477 e. The zero-order chi connectivity index (χ0) is 14.1. The molecule has 3 aromatic rings. The number of benzene rings is 1. The number of nitrogens with one attached hydrogen (secondary N) is 1. The molecule has 0 aliphatic heterocycles. The summed E-state index contributed by atoms with van der Waals surface area (Å²) in [6.45, 7) is 0. The van der Waals surface area contributed by atoms with E-state index in [-0.39, 0.29) is 5.56 Å². The molecule has 2 heterocycles. The van der Waals surface area contributed by atoms with E-state index in [4.69, 9.17) is 5.11 Å². The van der Waals surface area contributed by atoms with Crippen molar-refractivity contribution in [3.05, 3.63) is 64.7 Å². The Hall–Kier alpha value is -2.95. The molecule has 0 amide bonds. The van der Waals surface area contributed by atoms with E-state index in [1.165, 1.54) is 6.07 Å². The van der Waals surface area contributed by atoms with Gasteiger partial charge in [0.1, 0.15) is 5.56 Å². The lowest BCUT2D eigenvalue weighted by molar-refractivity contribution is 0.0695. The Bertz CT molecular complexity index is 854. The van der Waals surface area contributed by atoms with Crippen molar-refractivity contribution >= 4 is 16.9 Å². The molecule has 0 fully saturated rings. The summed E-state index contributed by atoms with van der Waals surface area (Å²) in [5.74, 6) is -1.24. The van der Waals surface area contributed by atoms with Crippen LogP contribution in [0.1, 0.15) is 10.4 Å². The zero-order valence-corrected chi connectivity index (χ0v) is 10.3. The van der Waals surface area contributed by atoms with E-state index >= 15 is 0 Å². The Morgan fingerprint density at radius 1 is 1.15 bits per heavy atom. The van der Waals surface area contributed by atoms with Gasteiger partial charge in [-0.25, -0.2) is 4.79 Å². The number of aromatic amines is 1. The summed E-state index contributed by atoms with van der Waals surface area (Å²) in [7, 11) is 0. The highest BCUT2D eigenvalue weighted by Gasteiger charge is 2.10. The minimum atomic E-state index is -1.24. The van der Waals surface area contributed by atoms with Crippen molar-refractivity contribution in [1.82, 2.24) is 9.97 Å². The number of hydrogen-bond donors (Lipinski definition) is 2. The molecule has 2 aromatic heterocycles. The fourth-order valence-electron chi connectivity index (χ4n) is 2.08. The van der Waals surface area contributed by atoms with Crippen molar-refractivity contribution in [2.24, 2.45) is 0 Å². The average Bonchev–Trinajstić information content (AvgIpc) is 2.47. The van der Waals surface area contributed by atoms with Crippen LogP contribution < -0.4 is 5.56 Å². The van der Waals surface area contributed by atoms with E-state index in [1.807, 2.05) is 24.3 Å². The average molecular weight is 266 g/mol. The number of fused-ring (bicyclic) bond motifs is 1. The fourth-order valence-corrected chi connectivity index (χ4v) is 2.08. The number of carbonyl (C=O) groups is 1. The number of hydrogen-bond acceptors (Lipinski definition) is 3. The van der Waals surface area contributed by atoms with Crippen LogP contribution in [-0.4, -0.2) is 21.0 Å². The Labute approximate surface area is 113 Å². The molecular formula is C15H10N2O3. The molecule has 1 aromatic carbocycles. The van der Waals surface area contributed by atoms with Gasteiger partial charge in [-0.1, -0.05) is 12.1 Å². The van der Waals surface area contributed by atoms with Crippen molar-refractivity contribution in [3.8, 4) is 11.1 Å². The quantitative estimate of drug-likeness (QED) is 0.745. The first-order valence-corrected chi connectivity index (χ1v) is 5.96. The van der Waals surface area contributed by atoms with Crippen LogP contribution >= 0.6 is 0 Å². The van der Waals surface area contributed by atoms with E-state index in [0.29, 0.717) is 10.9 Å². The number of carboxylic acid groups (broad SMARTS) is 1. The van der Waals surface area contributed by atoms with Gasteiger partial charge in [-0.15, -0.1) is 0 Å². The molecule has 0 unspecified atom stereocenters. The smallest absolute Gasteiger partial charge is 0.341 e. The standard InChI is InChI=1S/C15H10N2O3/c18-14-12(15(19)20)7-11-6-9(3-4-13(11)17-14)10-2-1-5-16-8-10/h1-8H,(H,17,18)(H,19,20). The predicted molar refractivity (Wildman–Crippen MR) is 74.8 cm³/mol. The third-order valence-electron chi connectivity index (χ3n) is 3.07. The van der Waals surface area contributed by atoms with Gasteiger partial charge in [0.15, 0.2) is 0 Å². The van der Waals surface area contributed by atoms with E-state index in [1.54, 1.807) is 18.5 Å². The maximum absolute atomic E-state index is 11.6. The van der Waals surface area contributed by atoms with Crippen molar-refractivity contribution in [2.45, 2.75) is 0 Å². The van der Waals surface area contributed by atoms with Crippen molar-refractivity contribution in [2.75, 3.05) is 0 Å². The number of carboxylic acids is 1. The van der Waals surface area contributed by atoms with Gasteiger partial charge in [-0.05, 0) is 35.2 Å². The summed E-state index contributed by atoms with van der Waals surface area (Å²) in [6, 6.07) is 10.6. The molecule has 0 aliphatic carbocycles. The second-order valence-electron chi connectivity index (χ2n) is 4.36. The van der Waals surface area contributed by atoms with Crippen molar-refractivity contribution in [1.29, 1.82) is 0 Å². The van der Waals surface area contributed by atoms with Crippen LogP contribution in [-0.2, 0) is 0 Å². The van der Waals surface area contributed by atoms with Crippen LogP contribution in [0.4, 0.5) is 0 Å². The molecule has 0 saturated carbocycles. The molecule has 0 spiro atoms. The number of aromatic carboxylic acids is 1. The van der Waals surface area contributed by atoms with Crippen molar-refractivity contribution in [3.63, 3.8) is 0 Å². The van der Waals surface area contributed by atoms with Gasteiger partial charge in [0, 0.05) is 23.5 Å². The molecule has 5 heteroatoms.